The molecule has 0 bridgehead atoms. The quantitative estimate of drug-likeness (QED) is 0.800. The Hall–Kier alpha value is -2.54. The molecule has 106 valence electrons. The van der Waals surface area contributed by atoms with Gasteiger partial charge in [-0.25, -0.2) is 19.2 Å². The van der Waals surface area contributed by atoms with Crippen LogP contribution in [-0.2, 0) is 0 Å². The molecule has 21 heavy (non-hydrogen) atoms. The molecular weight excluding hydrogens is 295 g/mol. The van der Waals surface area contributed by atoms with E-state index in [1.54, 1.807) is 6.92 Å². The summed E-state index contributed by atoms with van der Waals surface area (Å²) >= 11 is 1.07. The van der Waals surface area contributed by atoms with Gasteiger partial charge in [0, 0.05) is 0 Å². The van der Waals surface area contributed by atoms with Crippen molar-refractivity contribution >= 4 is 27.5 Å². The van der Waals surface area contributed by atoms with Gasteiger partial charge in [0.2, 0.25) is 5.88 Å². The molecule has 0 saturated carbocycles. The van der Waals surface area contributed by atoms with E-state index in [1.165, 1.54) is 30.6 Å². The largest absolute Gasteiger partial charge is 0.477 e. The molecule has 0 spiro atoms. The lowest BCUT2D eigenvalue weighted by molar-refractivity contribution is 0.0701. The topological polar surface area (TPSA) is 72.3 Å². The number of aryl methyl sites for hydroxylation is 1. The van der Waals surface area contributed by atoms with Crippen molar-refractivity contribution in [2.24, 2.45) is 0 Å². The fourth-order valence-corrected chi connectivity index (χ4v) is 2.91. The maximum atomic E-state index is 12.9. The molecule has 0 atom stereocenters. The summed E-state index contributed by atoms with van der Waals surface area (Å²) in [7, 11) is 0. The first-order valence-corrected chi connectivity index (χ1v) is 6.78. The van der Waals surface area contributed by atoms with E-state index in [9.17, 15) is 9.18 Å². The Morgan fingerprint density at radius 2 is 2.00 bits per heavy atom. The highest BCUT2D eigenvalue weighted by Crippen LogP contribution is 2.36. The van der Waals surface area contributed by atoms with Crippen molar-refractivity contribution in [3.8, 4) is 11.6 Å². The van der Waals surface area contributed by atoms with Crippen LogP contribution in [0.5, 0.6) is 11.6 Å². The van der Waals surface area contributed by atoms with E-state index >= 15 is 0 Å². The maximum Gasteiger partial charge on any atom is 0.346 e. The molecule has 7 heteroatoms. The molecule has 0 fully saturated rings. The van der Waals surface area contributed by atoms with Gasteiger partial charge in [0.25, 0.3) is 0 Å². The summed E-state index contributed by atoms with van der Waals surface area (Å²) in [6.07, 6.45) is 1.31. The molecular formula is C14H9FN2O3S. The molecule has 1 N–H and O–H groups in total. The molecule has 0 aliphatic rings. The van der Waals surface area contributed by atoms with Gasteiger partial charge in [-0.3, -0.25) is 0 Å². The number of nitrogens with zero attached hydrogens (tertiary/aromatic N) is 2. The first-order valence-electron chi connectivity index (χ1n) is 5.97. The van der Waals surface area contributed by atoms with Crippen LogP contribution in [0.4, 0.5) is 4.39 Å². The highest BCUT2D eigenvalue weighted by Gasteiger charge is 2.19. The smallest absolute Gasteiger partial charge is 0.346 e. The number of rotatable bonds is 3. The van der Waals surface area contributed by atoms with Crippen molar-refractivity contribution in [1.82, 2.24) is 9.97 Å². The number of halogens is 1. The second-order valence-corrected chi connectivity index (χ2v) is 5.28. The molecule has 3 rings (SSSR count). The summed E-state index contributed by atoms with van der Waals surface area (Å²) in [6, 6.07) is 5.50. The van der Waals surface area contributed by atoms with Gasteiger partial charge >= 0.3 is 5.97 Å². The van der Waals surface area contributed by atoms with E-state index in [-0.39, 0.29) is 16.6 Å². The van der Waals surface area contributed by atoms with Crippen molar-refractivity contribution < 1.29 is 19.0 Å². The van der Waals surface area contributed by atoms with Crippen LogP contribution in [-0.4, -0.2) is 21.0 Å². The van der Waals surface area contributed by atoms with E-state index < -0.39 is 5.97 Å². The first kappa shape index (κ1) is 13.4. The lowest BCUT2D eigenvalue weighted by atomic mass is 10.2. The van der Waals surface area contributed by atoms with Gasteiger partial charge in [0.15, 0.2) is 0 Å². The number of benzene rings is 1. The normalized spacial score (nSPS) is 10.8. The summed E-state index contributed by atoms with van der Waals surface area (Å²) in [5.74, 6) is -0.704. The number of carbonyl (C=O) groups is 1. The molecule has 2 aromatic heterocycles. The lowest BCUT2D eigenvalue weighted by Gasteiger charge is -2.06. The highest BCUT2D eigenvalue weighted by molar-refractivity contribution is 7.20. The summed E-state index contributed by atoms with van der Waals surface area (Å²) in [5.41, 5.74) is 0.556. The molecule has 0 amide bonds. The van der Waals surface area contributed by atoms with Crippen LogP contribution >= 0.6 is 11.3 Å². The predicted octanol–water partition coefficient (Wildman–Crippen LogP) is 3.63. The zero-order valence-corrected chi connectivity index (χ0v) is 11.6. The van der Waals surface area contributed by atoms with Gasteiger partial charge in [-0.1, -0.05) is 0 Å². The number of carboxylic acid groups (broad SMARTS) is 1. The van der Waals surface area contributed by atoms with E-state index in [1.807, 2.05) is 0 Å². The molecule has 1 aromatic carbocycles. The third-order valence-electron chi connectivity index (χ3n) is 2.91. The third-order valence-corrected chi connectivity index (χ3v) is 4.10. The Labute approximate surface area is 122 Å². The molecule has 0 aliphatic carbocycles. The summed E-state index contributed by atoms with van der Waals surface area (Å²) in [6.45, 7) is 1.68. The number of ether oxygens (including phenoxy) is 1. The third kappa shape index (κ3) is 2.43. The van der Waals surface area contributed by atoms with Gasteiger partial charge in [0.05, 0.1) is 5.39 Å². The van der Waals surface area contributed by atoms with Crippen molar-refractivity contribution in [3.63, 3.8) is 0 Å². The number of aromatic carboxylic acids is 1. The van der Waals surface area contributed by atoms with Crippen LogP contribution < -0.4 is 4.74 Å². The van der Waals surface area contributed by atoms with Crippen molar-refractivity contribution in [1.29, 1.82) is 0 Å². The number of thiophene rings is 1. The van der Waals surface area contributed by atoms with Crippen molar-refractivity contribution in [2.75, 3.05) is 0 Å². The Morgan fingerprint density at radius 3 is 2.67 bits per heavy atom. The SMILES string of the molecule is Cc1c(C(=O)O)sc2ncnc(Oc3ccc(F)cc3)c12. The Kier molecular flexibility index (Phi) is 3.26. The minimum Gasteiger partial charge on any atom is -0.477 e. The van der Waals surface area contributed by atoms with E-state index in [0.717, 1.165) is 11.3 Å². The first-order chi connectivity index (χ1) is 10.1. The van der Waals surface area contributed by atoms with Gasteiger partial charge < -0.3 is 9.84 Å². The zero-order chi connectivity index (χ0) is 15.0. The molecule has 0 unspecified atom stereocenters. The second kappa shape index (κ2) is 5.10. The number of carboxylic acids is 1. The van der Waals surface area contributed by atoms with Gasteiger partial charge in [-0.2, -0.15) is 0 Å². The fraction of sp³-hybridized carbons (Fsp3) is 0.0714. The van der Waals surface area contributed by atoms with Crippen LogP contribution in [0, 0.1) is 12.7 Å². The van der Waals surface area contributed by atoms with Crippen molar-refractivity contribution in [2.45, 2.75) is 6.92 Å². The molecule has 5 nitrogen and oxygen atoms in total. The Balaban J connectivity index is 2.10. The zero-order valence-electron chi connectivity index (χ0n) is 10.8. The van der Waals surface area contributed by atoms with Crippen LogP contribution in [0.1, 0.15) is 15.2 Å². The van der Waals surface area contributed by atoms with Crippen molar-refractivity contribution in [3.05, 3.63) is 46.9 Å². The number of aromatic nitrogens is 2. The monoisotopic (exact) mass is 304 g/mol. The fourth-order valence-electron chi connectivity index (χ4n) is 1.93. The van der Waals surface area contributed by atoms with Crippen LogP contribution in [0.2, 0.25) is 0 Å². The maximum absolute atomic E-state index is 12.9. The van der Waals surface area contributed by atoms with Gasteiger partial charge in [-0.05, 0) is 36.8 Å². The predicted molar refractivity (Wildman–Crippen MR) is 75.6 cm³/mol. The van der Waals surface area contributed by atoms with Gasteiger partial charge in [0.1, 0.15) is 27.6 Å². The molecule has 0 radical (unpaired) electrons. The minimum atomic E-state index is -1.01. The van der Waals surface area contributed by atoms with E-state index in [0.29, 0.717) is 21.5 Å². The van der Waals surface area contributed by atoms with Crippen LogP contribution in [0.25, 0.3) is 10.2 Å². The van der Waals surface area contributed by atoms with Crippen LogP contribution in [0.15, 0.2) is 30.6 Å². The molecule has 3 aromatic rings. The number of fused-ring (bicyclic) bond motifs is 1. The van der Waals surface area contributed by atoms with Gasteiger partial charge in [-0.15, -0.1) is 11.3 Å². The van der Waals surface area contributed by atoms with Crippen LogP contribution in [0.3, 0.4) is 0 Å². The second-order valence-electron chi connectivity index (χ2n) is 4.28. The minimum absolute atomic E-state index is 0.203. The summed E-state index contributed by atoms with van der Waals surface area (Å²) in [5, 5.41) is 9.72. The molecule has 0 aliphatic heterocycles. The average Bonchev–Trinajstić information content (AvgIpc) is 2.80. The highest BCUT2D eigenvalue weighted by atomic mass is 32.1. The lowest BCUT2D eigenvalue weighted by Crippen LogP contribution is -1.95. The Bertz CT molecular complexity index is 830. The summed E-state index contributed by atoms with van der Waals surface area (Å²) < 4.78 is 18.5. The number of hydrogen-bond donors (Lipinski definition) is 1. The van der Waals surface area contributed by atoms with E-state index in [2.05, 4.69) is 9.97 Å². The summed E-state index contributed by atoms with van der Waals surface area (Å²) in [4.78, 5) is 20.0. The van der Waals surface area contributed by atoms with E-state index in [4.69, 9.17) is 9.84 Å². The number of hydrogen-bond acceptors (Lipinski definition) is 5. The molecule has 0 saturated heterocycles. The molecule has 2 heterocycles. The standard InChI is InChI=1S/C14H9FN2O3S/c1-7-10-12(20-9-4-2-8(15)3-5-9)16-6-17-13(10)21-11(7)14(18)19/h2-6H,1H3,(H,18,19). The Morgan fingerprint density at radius 1 is 1.29 bits per heavy atom. The average molecular weight is 304 g/mol.